The van der Waals surface area contributed by atoms with Crippen LogP contribution < -0.4 is 10.7 Å². The van der Waals surface area contributed by atoms with Gasteiger partial charge in [0.25, 0.3) is 5.91 Å². The van der Waals surface area contributed by atoms with E-state index in [9.17, 15) is 24.0 Å². The van der Waals surface area contributed by atoms with E-state index in [1.54, 1.807) is 32.0 Å². The third kappa shape index (κ3) is 4.75. The summed E-state index contributed by atoms with van der Waals surface area (Å²) in [6.07, 6.45) is 0. The van der Waals surface area contributed by atoms with Crippen molar-refractivity contribution in [3.63, 3.8) is 0 Å². The molecule has 0 aliphatic rings. The van der Waals surface area contributed by atoms with Gasteiger partial charge in [-0.15, -0.1) is 11.3 Å². The van der Waals surface area contributed by atoms with Gasteiger partial charge in [-0.05, 0) is 38.5 Å². The number of carbonyl (C=O) groups excluding carboxylic acids is 4. The Hall–Kier alpha value is -3.79. The molecule has 0 aliphatic heterocycles. The molecule has 0 fully saturated rings. The smallest absolute Gasteiger partial charge is 0.374 e. The molecule has 0 spiro atoms. The highest BCUT2D eigenvalue weighted by Gasteiger charge is 2.25. The normalized spacial score (nSPS) is 10.6. The number of ether oxygens (including phenoxy) is 2. The summed E-state index contributed by atoms with van der Waals surface area (Å²) < 4.78 is 15.3. The molecule has 10 heteroatoms. The first-order chi connectivity index (χ1) is 15.2. The van der Waals surface area contributed by atoms with E-state index >= 15 is 0 Å². The van der Waals surface area contributed by atoms with Crippen LogP contribution in [0, 0.1) is 6.92 Å². The Bertz CT molecular complexity index is 1290. The van der Waals surface area contributed by atoms with Crippen LogP contribution in [-0.2, 0) is 14.3 Å². The number of para-hydroxylation sites is 1. The standard InChI is InChI=1S/C22H19NO8S/c1-4-29-22(28)18-11(2)19(12(3)24)32-20(18)23-17(26)10-30-21(27)16-9-14(25)13-7-5-6-8-15(13)31-16/h5-9H,4,10H2,1-3H3,(H,23,26). The van der Waals surface area contributed by atoms with E-state index < -0.39 is 29.9 Å². The first kappa shape index (κ1) is 22.9. The molecule has 32 heavy (non-hydrogen) atoms. The summed E-state index contributed by atoms with van der Waals surface area (Å²) in [5, 5.41) is 2.89. The highest BCUT2D eigenvalue weighted by molar-refractivity contribution is 7.18. The monoisotopic (exact) mass is 457 g/mol. The average molecular weight is 457 g/mol. The lowest BCUT2D eigenvalue weighted by atomic mass is 10.1. The quantitative estimate of drug-likeness (QED) is 0.422. The van der Waals surface area contributed by atoms with Gasteiger partial charge in [0.15, 0.2) is 17.8 Å². The zero-order valence-corrected chi connectivity index (χ0v) is 18.3. The van der Waals surface area contributed by atoms with Crippen LogP contribution in [-0.4, -0.2) is 36.8 Å². The van der Waals surface area contributed by atoms with E-state index in [2.05, 4.69) is 5.32 Å². The van der Waals surface area contributed by atoms with Crippen molar-refractivity contribution < 1.29 is 33.1 Å². The predicted octanol–water partition coefficient (Wildman–Crippen LogP) is 3.34. The molecule has 1 aromatic carbocycles. The number of fused-ring (bicyclic) bond motifs is 1. The summed E-state index contributed by atoms with van der Waals surface area (Å²) in [6, 6.07) is 7.39. The Morgan fingerprint density at radius 1 is 1.09 bits per heavy atom. The van der Waals surface area contributed by atoms with Crippen molar-refractivity contribution >= 4 is 50.9 Å². The molecule has 0 aliphatic carbocycles. The van der Waals surface area contributed by atoms with Gasteiger partial charge < -0.3 is 19.2 Å². The molecule has 0 radical (unpaired) electrons. The van der Waals surface area contributed by atoms with E-state index in [1.807, 2.05) is 0 Å². The second-order valence-electron chi connectivity index (χ2n) is 6.63. The van der Waals surface area contributed by atoms with Crippen LogP contribution in [0.3, 0.4) is 0 Å². The second-order valence-corrected chi connectivity index (χ2v) is 7.65. The van der Waals surface area contributed by atoms with Crippen LogP contribution in [0.4, 0.5) is 5.00 Å². The molecule has 0 saturated heterocycles. The number of amides is 1. The molecule has 1 N–H and O–H groups in total. The second kappa shape index (κ2) is 9.56. The molecule has 1 amide bonds. The van der Waals surface area contributed by atoms with Crippen molar-refractivity contribution in [3.05, 3.63) is 62.3 Å². The summed E-state index contributed by atoms with van der Waals surface area (Å²) in [6.45, 7) is 3.97. The van der Waals surface area contributed by atoms with Crippen LogP contribution in [0.15, 0.2) is 39.5 Å². The fourth-order valence-electron chi connectivity index (χ4n) is 2.96. The van der Waals surface area contributed by atoms with Crippen molar-refractivity contribution in [1.29, 1.82) is 0 Å². The summed E-state index contributed by atoms with van der Waals surface area (Å²) in [4.78, 5) is 61.1. The minimum absolute atomic E-state index is 0.0715. The van der Waals surface area contributed by atoms with Crippen molar-refractivity contribution in [2.24, 2.45) is 0 Å². The number of hydrogen-bond acceptors (Lipinski definition) is 9. The molecule has 0 saturated carbocycles. The van der Waals surface area contributed by atoms with Crippen molar-refractivity contribution in [2.45, 2.75) is 20.8 Å². The SMILES string of the molecule is CCOC(=O)c1c(NC(=O)COC(=O)c2cc(=O)c3ccccc3o2)sc(C(C)=O)c1C. The van der Waals surface area contributed by atoms with E-state index in [-0.39, 0.29) is 34.3 Å². The Morgan fingerprint density at radius 3 is 2.50 bits per heavy atom. The molecule has 2 heterocycles. The fourth-order valence-corrected chi connectivity index (χ4v) is 4.06. The van der Waals surface area contributed by atoms with Crippen LogP contribution in [0.2, 0.25) is 0 Å². The largest absolute Gasteiger partial charge is 0.462 e. The lowest BCUT2D eigenvalue weighted by Crippen LogP contribution is -2.22. The van der Waals surface area contributed by atoms with Gasteiger partial charge in [0, 0.05) is 6.07 Å². The molecule has 3 aromatic rings. The van der Waals surface area contributed by atoms with Gasteiger partial charge in [-0.25, -0.2) is 9.59 Å². The topological polar surface area (TPSA) is 129 Å². The number of hydrogen-bond donors (Lipinski definition) is 1. The zero-order chi connectivity index (χ0) is 23.4. The maximum Gasteiger partial charge on any atom is 0.374 e. The maximum absolute atomic E-state index is 12.3. The lowest BCUT2D eigenvalue weighted by Gasteiger charge is -2.08. The summed E-state index contributed by atoms with van der Waals surface area (Å²) in [5.41, 5.74) is 0.253. The van der Waals surface area contributed by atoms with Crippen LogP contribution in [0.25, 0.3) is 11.0 Å². The van der Waals surface area contributed by atoms with Crippen LogP contribution in [0.5, 0.6) is 0 Å². The number of rotatable bonds is 7. The molecule has 0 atom stereocenters. The number of nitrogens with one attached hydrogen (secondary N) is 1. The van der Waals surface area contributed by atoms with Crippen molar-refractivity contribution in [1.82, 2.24) is 0 Å². The maximum atomic E-state index is 12.3. The third-order valence-corrected chi connectivity index (χ3v) is 5.68. The van der Waals surface area contributed by atoms with E-state index in [1.165, 1.54) is 13.0 Å². The van der Waals surface area contributed by atoms with Gasteiger partial charge in [0.1, 0.15) is 10.6 Å². The summed E-state index contributed by atoms with van der Waals surface area (Å²) in [5.74, 6) is -3.04. The van der Waals surface area contributed by atoms with Gasteiger partial charge >= 0.3 is 11.9 Å². The average Bonchev–Trinajstić information content (AvgIpc) is 3.08. The van der Waals surface area contributed by atoms with Gasteiger partial charge in [0.2, 0.25) is 5.76 Å². The van der Waals surface area contributed by atoms with Crippen LogP contribution >= 0.6 is 11.3 Å². The predicted molar refractivity (Wildman–Crippen MR) is 116 cm³/mol. The minimum atomic E-state index is -1.000. The number of Topliss-reactive ketones (excluding diaryl/α,β-unsaturated/α-hetero) is 1. The molecular weight excluding hydrogens is 438 g/mol. The van der Waals surface area contributed by atoms with E-state index in [4.69, 9.17) is 13.9 Å². The first-order valence-corrected chi connectivity index (χ1v) is 10.4. The molecule has 2 aromatic heterocycles. The van der Waals surface area contributed by atoms with Gasteiger partial charge in [-0.3, -0.25) is 14.4 Å². The molecule has 3 rings (SSSR count). The molecule has 166 valence electrons. The Balaban J connectivity index is 1.74. The number of thiophene rings is 1. The number of carbonyl (C=O) groups is 4. The molecule has 0 unspecified atom stereocenters. The summed E-state index contributed by atoms with van der Waals surface area (Å²) >= 11 is 0.928. The molecule has 9 nitrogen and oxygen atoms in total. The van der Waals surface area contributed by atoms with Gasteiger partial charge in [-0.1, -0.05) is 12.1 Å². The van der Waals surface area contributed by atoms with E-state index in [0.29, 0.717) is 15.8 Å². The molecular formula is C22H19NO8S. The zero-order valence-electron chi connectivity index (χ0n) is 17.5. The number of anilines is 1. The Labute approximate surface area is 185 Å². The van der Waals surface area contributed by atoms with Gasteiger partial charge in [0.05, 0.1) is 22.4 Å². The lowest BCUT2D eigenvalue weighted by molar-refractivity contribution is -0.119. The Morgan fingerprint density at radius 2 is 1.81 bits per heavy atom. The first-order valence-electron chi connectivity index (χ1n) is 9.54. The van der Waals surface area contributed by atoms with Crippen molar-refractivity contribution in [3.8, 4) is 0 Å². The molecule has 0 bridgehead atoms. The van der Waals surface area contributed by atoms with Crippen molar-refractivity contribution in [2.75, 3.05) is 18.5 Å². The van der Waals surface area contributed by atoms with Gasteiger partial charge in [-0.2, -0.15) is 0 Å². The fraction of sp³-hybridized carbons (Fsp3) is 0.227. The third-order valence-electron chi connectivity index (χ3n) is 4.37. The Kier molecular flexibility index (Phi) is 6.84. The van der Waals surface area contributed by atoms with Crippen LogP contribution in [0.1, 0.15) is 50.0 Å². The van der Waals surface area contributed by atoms with E-state index in [0.717, 1.165) is 17.4 Å². The number of ketones is 1. The number of benzene rings is 1. The highest BCUT2D eigenvalue weighted by Crippen LogP contribution is 2.34. The highest BCUT2D eigenvalue weighted by atomic mass is 32.1. The summed E-state index contributed by atoms with van der Waals surface area (Å²) in [7, 11) is 0. The minimum Gasteiger partial charge on any atom is -0.462 e. The number of esters is 2.